The largest absolute Gasteiger partial charge is 0.378 e. The van der Waals surface area contributed by atoms with E-state index in [0.29, 0.717) is 0 Å². The third-order valence-corrected chi connectivity index (χ3v) is 3.95. The molecular formula is C14H22N4O2. The van der Waals surface area contributed by atoms with Gasteiger partial charge in [0.05, 0.1) is 4.92 Å². The number of anilines is 2. The zero-order chi connectivity index (χ0) is 14.5. The summed E-state index contributed by atoms with van der Waals surface area (Å²) in [6, 6.07) is 3.15. The molecule has 1 aliphatic heterocycles. The smallest absolute Gasteiger partial charge is 0.311 e. The number of aromatic nitrogens is 1. The summed E-state index contributed by atoms with van der Waals surface area (Å²) >= 11 is 0. The van der Waals surface area contributed by atoms with Gasteiger partial charge in [0, 0.05) is 19.2 Å². The van der Waals surface area contributed by atoms with E-state index in [1.165, 1.54) is 25.3 Å². The Labute approximate surface area is 119 Å². The average Bonchev–Trinajstić information content (AvgIpc) is 2.64. The number of nitro groups is 1. The summed E-state index contributed by atoms with van der Waals surface area (Å²) in [5, 5.41) is 10.8. The highest BCUT2D eigenvalue weighted by molar-refractivity contribution is 5.58. The van der Waals surface area contributed by atoms with E-state index < -0.39 is 4.92 Å². The number of hydrogen-bond donors (Lipinski definition) is 1. The maximum atomic E-state index is 10.8. The summed E-state index contributed by atoms with van der Waals surface area (Å²) < 4.78 is 0. The lowest BCUT2D eigenvalue weighted by atomic mass is 9.96. The molecule has 0 amide bonds. The van der Waals surface area contributed by atoms with Crippen molar-refractivity contribution in [1.29, 1.82) is 0 Å². The molecule has 2 N–H and O–H groups in total. The van der Waals surface area contributed by atoms with E-state index in [9.17, 15) is 10.1 Å². The predicted molar refractivity (Wildman–Crippen MR) is 79.8 cm³/mol. The van der Waals surface area contributed by atoms with Gasteiger partial charge in [-0.3, -0.25) is 10.1 Å². The topological polar surface area (TPSA) is 85.3 Å². The Bertz CT molecular complexity index is 478. The van der Waals surface area contributed by atoms with Crippen molar-refractivity contribution in [3.05, 3.63) is 22.2 Å². The van der Waals surface area contributed by atoms with Crippen LogP contribution in [-0.4, -0.2) is 23.0 Å². The molecule has 6 heteroatoms. The van der Waals surface area contributed by atoms with Crippen LogP contribution in [0.15, 0.2) is 12.1 Å². The first kappa shape index (κ1) is 14.6. The predicted octanol–water partition coefficient (Wildman–Crippen LogP) is 2.98. The van der Waals surface area contributed by atoms with Gasteiger partial charge in [0.1, 0.15) is 5.82 Å². The number of rotatable bonds is 4. The van der Waals surface area contributed by atoms with Crippen molar-refractivity contribution in [3.8, 4) is 0 Å². The van der Waals surface area contributed by atoms with Crippen LogP contribution in [0.25, 0.3) is 0 Å². The molecule has 1 atom stereocenters. The highest BCUT2D eigenvalue weighted by Gasteiger charge is 2.20. The molecule has 0 spiro atoms. The molecule has 0 bridgehead atoms. The van der Waals surface area contributed by atoms with Crippen LogP contribution >= 0.6 is 0 Å². The first-order valence-corrected chi connectivity index (χ1v) is 7.27. The molecule has 1 saturated heterocycles. The SMILES string of the molecule is CCCC1CCCN(c2ccc([N+](=O)[O-])c(N)n2)CC1. The van der Waals surface area contributed by atoms with E-state index in [2.05, 4.69) is 16.8 Å². The van der Waals surface area contributed by atoms with Crippen molar-refractivity contribution in [1.82, 2.24) is 4.98 Å². The number of pyridine rings is 1. The minimum Gasteiger partial charge on any atom is -0.378 e. The number of nitrogens with zero attached hydrogens (tertiary/aromatic N) is 3. The van der Waals surface area contributed by atoms with Gasteiger partial charge in [0.15, 0.2) is 0 Å². The minimum absolute atomic E-state index is 0.00172. The van der Waals surface area contributed by atoms with Gasteiger partial charge in [0.25, 0.3) is 0 Å². The molecule has 20 heavy (non-hydrogen) atoms. The Kier molecular flexibility index (Phi) is 4.76. The van der Waals surface area contributed by atoms with Crippen molar-refractivity contribution in [2.24, 2.45) is 5.92 Å². The summed E-state index contributed by atoms with van der Waals surface area (Å²) in [6.07, 6.45) is 6.07. The molecule has 0 radical (unpaired) electrons. The Balaban J connectivity index is 2.08. The highest BCUT2D eigenvalue weighted by atomic mass is 16.6. The Morgan fingerprint density at radius 2 is 2.25 bits per heavy atom. The van der Waals surface area contributed by atoms with Crippen LogP contribution in [0.2, 0.25) is 0 Å². The van der Waals surface area contributed by atoms with Crippen molar-refractivity contribution in [2.75, 3.05) is 23.7 Å². The van der Waals surface area contributed by atoms with Crippen LogP contribution in [0.4, 0.5) is 17.3 Å². The van der Waals surface area contributed by atoms with Gasteiger partial charge in [-0.1, -0.05) is 19.8 Å². The normalized spacial score (nSPS) is 19.6. The molecule has 0 saturated carbocycles. The van der Waals surface area contributed by atoms with Crippen molar-refractivity contribution in [3.63, 3.8) is 0 Å². The molecular weight excluding hydrogens is 256 g/mol. The second kappa shape index (κ2) is 6.54. The standard InChI is InChI=1S/C14H22N4O2/c1-2-4-11-5-3-9-17(10-8-11)13-7-6-12(18(19)20)14(15)16-13/h6-7,11H,2-5,8-10H2,1H3,(H2,15,16). The van der Waals surface area contributed by atoms with Gasteiger partial charge in [-0.05, 0) is 31.2 Å². The first-order chi connectivity index (χ1) is 9.61. The van der Waals surface area contributed by atoms with Crippen LogP contribution in [0, 0.1) is 16.0 Å². The second-order valence-electron chi connectivity index (χ2n) is 5.40. The van der Waals surface area contributed by atoms with Crippen LogP contribution in [0.1, 0.15) is 39.0 Å². The summed E-state index contributed by atoms with van der Waals surface area (Å²) in [4.78, 5) is 16.6. The highest BCUT2D eigenvalue weighted by Crippen LogP contribution is 2.27. The fraction of sp³-hybridized carbons (Fsp3) is 0.643. The maximum absolute atomic E-state index is 10.8. The number of nitrogens with two attached hydrogens (primary N) is 1. The van der Waals surface area contributed by atoms with Crippen LogP contribution in [0.5, 0.6) is 0 Å². The van der Waals surface area contributed by atoms with Crippen molar-refractivity contribution < 1.29 is 4.92 Å². The summed E-state index contributed by atoms with van der Waals surface area (Å²) in [5.41, 5.74) is 5.55. The van der Waals surface area contributed by atoms with Crippen LogP contribution < -0.4 is 10.6 Å². The van der Waals surface area contributed by atoms with Gasteiger partial charge in [-0.25, -0.2) is 4.98 Å². The van der Waals surface area contributed by atoms with Crippen molar-refractivity contribution in [2.45, 2.75) is 39.0 Å². The van der Waals surface area contributed by atoms with E-state index in [4.69, 9.17) is 5.73 Å². The summed E-state index contributed by atoms with van der Waals surface area (Å²) in [7, 11) is 0. The minimum atomic E-state index is -0.494. The van der Waals surface area contributed by atoms with Gasteiger partial charge in [-0.15, -0.1) is 0 Å². The molecule has 1 fully saturated rings. The lowest BCUT2D eigenvalue weighted by Crippen LogP contribution is -2.25. The number of nitrogen functional groups attached to an aromatic ring is 1. The molecule has 1 aromatic rings. The zero-order valence-electron chi connectivity index (χ0n) is 11.9. The molecule has 1 aromatic heterocycles. The monoisotopic (exact) mass is 278 g/mol. The molecule has 2 rings (SSSR count). The van der Waals surface area contributed by atoms with E-state index in [0.717, 1.165) is 37.7 Å². The van der Waals surface area contributed by atoms with Gasteiger partial charge in [0.2, 0.25) is 5.82 Å². The zero-order valence-corrected chi connectivity index (χ0v) is 11.9. The van der Waals surface area contributed by atoms with Crippen LogP contribution in [0.3, 0.4) is 0 Å². The Morgan fingerprint density at radius 1 is 1.45 bits per heavy atom. The van der Waals surface area contributed by atoms with Crippen LogP contribution in [-0.2, 0) is 0 Å². The van der Waals surface area contributed by atoms with E-state index in [1.54, 1.807) is 6.07 Å². The fourth-order valence-electron chi connectivity index (χ4n) is 2.88. The molecule has 1 unspecified atom stereocenters. The Morgan fingerprint density at radius 3 is 2.90 bits per heavy atom. The lowest BCUT2D eigenvalue weighted by Gasteiger charge is -2.21. The first-order valence-electron chi connectivity index (χ1n) is 7.27. The molecule has 6 nitrogen and oxygen atoms in total. The molecule has 110 valence electrons. The van der Waals surface area contributed by atoms with Gasteiger partial charge in [-0.2, -0.15) is 0 Å². The fourth-order valence-corrected chi connectivity index (χ4v) is 2.88. The maximum Gasteiger partial charge on any atom is 0.311 e. The number of hydrogen-bond acceptors (Lipinski definition) is 5. The molecule has 2 heterocycles. The molecule has 0 aromatic carbocycles. The second-order valence-corrected chi connectivity index (χ2v) is 5.40. The van der Waals surface area contributed by atoms with E-state index in [1.807, 2.05) is 0 Å². The molecule has 0 aliphatic carbocycles. The third-order valence-electron chi connectivity index (χ3n) is 3.95. The Hall–Kier alpha value is -1.85. The third kappa shape index (κ3) is 3.37. The van der Waals surface area contributed by atoms with E-state index in [-0.39, 0.29) is 11.5 Å². The van der Waals surface area contributed by atoms with E-state index >= 15 is 0 Å². The lowest BCUT2D eigenvalue weighted by molar-refractivity contribution is -0.384. The van der Waals surface area contributed by atoms with Crippen molar-refractivity contribution >= 4 is 17.3 Å². The summed E-state index contributed by atoms with van der Waals surface area (Å²) in [5.74, 6) is 1.55. The van der Waals surface area contributed by atoms with Gasteiger partial charge >= 0.3 is 5.69 Å². The van der Waals surface area contributed by atoms with Gasteiger partial charge < -0.3 is 10.6 Å². The summed E-state index contributed by atoms with van der Waals surface area (Å²) in [6.45, 7) is 4.13. The average molecular weight is 278 g/mol. The molecule has 1 aliphatic rings. The quantitative estimate of drug-likeness (QED) is 0.676.